The number of rotatable bonds is 5. The van der Waals surface area contributed by atoms with Gasteiger partial charge in [0.2, 0.25) is 5.91 Å². The summed E-state index contributed by atoms with van der Waals surface area (Å²) in [6.07, 6.45) is 6.16. The third kappa shape index (κ3) is 3.45. The Morgan fingerprint density at radius 2 is 1.77 bits per heavy atom. The summed E-state index contributed by atoms with van der Waals surface area (Å²) in [5.74, 6) is 1.83. The zero-order chi connectivity index (χ0) is 20.6. The predicted octanol–water partition coefficient (Wildman–Crippen LogP) is 4.83. The molecule has 1 amide bonds. The maximum atomic E-state index is 13.5. The van der Waals surface area contributed by atoms with Crippen molar-refractivity contribution in [2.24, 2.45) is 5.92 Å². The Balaban J connectivity index is 1.33. The van der Waals surface area contributed by atoms with Crippen LogP contribution in [0, 0.1) is 12.8 Å². The van der Waals surface area contributed by atoms with Gasteiger partial charge in [-0.25, -0.2) is 4.98 Å². The Labute approximate surface area is 178 Å². The Hall–Kier alpha value is -2.88. The first-order valence-electron chi connectivity index (χ1n) is 11.1. The number of amides is 1. The van der Waals surface area contributed by atoms with E-state index in [9.17, 15) is 4.79 Å². The van der Waals surface area contributed by atoms with Crippen molar-refractivity contribution >= 4 is 5.91 Å². The molecule has 1 saturated carbocycles. The van der Waals surface area contributed by atoms with E-state index in [0.29, 0.717) is 11.8 Å². The van der Waals surface area contributed by atoms with Crippen LogP contribution in [0.4, 0.5) is 0 Å². The number of hydrogen-bond acceptors (Lipinski definition) is 2. The van der Waals surface area contributed by atoms with Gasteiger partial charge in [0.15, 0.2) is 0 Å². The molecule has 0 N–H and O–H groups in total. The highest BCUT2D eigenvalue weighted by atomic mass is 16.2. The van der Waals surface area contributed by atoms with E-state index < -0.39 is 0 Å². The van der Waals surface area contributed by atoms with Crippen molar-refractivity contribution in [3.8, 4) is 11.4 Å². The standard InChI is InChI=1S/C26H29N3O/c1-20-17-27-24(22-10-4-2-5-11-22)29(20)19-21-9-8-16-28(18-21)25(30)26(14-15-26)23-12-6-3-7-13-23/h2-7,10-13,17,21H,8-9,14-16,18-19H2,1H3. The molecule has 1 saturated heterocycles. The molecule has 154 valence electrons. The molecule has 2 fully saturated rings. The molecule has 1 aliphatic carbocycles. The summed E-state index contributed by atoms with van der Waals surface area (Å²) in [5.41, 5.74) is 3.26. The van der Waals surface area contributed by atoms with Crippen LogP contribution >= 0.6 is 0 Å². The van der Waals surface area contributed by atoms with Crippen molar-refractivity contribution < 1.29 is 4.79 Å². The lowest BCUT2D eigenvalue weighted by molar-refractivity contribution is -0.135. The van der Waals surface area contributed by atoms with Crippen molar-refractivity contribution in [2.75, 3.05) is 13.1 Å². The number of hydrogen-bond donors (Lipinski definition) is 0. The summed E-state index contributed by atoms with van der Waals surface area (Å²) in [4.78, 5) is 20.3. The van der Waals surface area contributed by atoms with Crippen LogP contribution in [0.2, 0.25) is 0 Å². The molecule has 2 aliphatic rings. The molecule has 0 bridgehead atoms. The van der Waals surface area contributed by atoms with Gasteiger partial charge >= 0.3 is 0 Å². The summed E-state index contributed by atoms with van der Waals surface area (Å²) in [5, 5.41) is 0. The predicted molar refractivity (Wildman–Crippen MR) is 119 cm³/mol. The minimum Gasteiger partial charge on any atom is -0.342 e. The lowest BCUT2D eigenvalue weighted by Crippen LogP contribution is -2.45. The number of aromatic nitrogens is 2. The van der Waals surface area contributed by atoms with Gasteiger partial charge in [0.05, 0.1) is 5.41 Å². The first-order valence-corrected chi connectivity index (χ1v) is 11.1. The van der Waals surface area contributed by atoms with Crippen molar-refractivity contribution in [3.05, 3.63) is 78.1 Å². The molecule has 2 aromatic carbocycles. The van der Waals surface area contributed by atoms with Gasteiger partial charge in [0.25, 0.3) is 0 Å². The normalized spacial score (nSPS) is 20.2. The summed E-state index contributed by atoms with van der Waals surface area (Å²) in [6.45, 7) is 4.77. The number of benzene rings is 2. The highest BCUT2D eigenvalue weighted by Gasteiger charge is 2.53. The molecule has 0 radical (unpaired) electrons. The fourth-order valence-electron chi connectivity index (χ4n) is 4.98. The maximum absolute atomic E-state index is 13.5. The fourth-order valence-corrected chi connectivity index (χ4v) is 4.98. The smallest absolute Gasteiger partial charge is 0.233 e. The summed E-state index contributed by atoms with van der Waals surface area (Å²) < 4.78 is 2.33. The molecule has 1 atom stereocenters. The van der Waals surface area contributed by atoms with Crippen molar-refractivity contribution in [1.29, 1.82) is 0 Å². The topological polar surface area (TPSA) is 38.1 Å². The summed E-state index contributed by atoms with van der Waals surface area (Å²) in [6, 6.07) is 20.8. The third-order valence-electron chi connectivity index (χ3n) is 6.82. The first-order chi connectivity index (χ1) is 14.7. The van der Waals surface area contributed by atoms with Crippen molar-refractivity contribution in [1.82, 2.24) is 14.5 Å². The molecule has 1 unspecified atom stereocenters. The summed E-state index contributed by atoms with van der Waals surface area (Å²) >= 11 is 0. The van der Waals surface area contributed by atoms with Gasteiger partial charge < -0.3 is 9.47 Å². The third-order valence-corrected chi connectivity index (χ3v) is 6.82. The number of likely N-dealkylation sites (tertiary alicyclic amines) is 1. The average Bonchev–Trinajstić information content (AvgIpc) is 3.54. The molecule has 4 heteroatoms. The number of piperidine rings is 1. The molecule has 0 spiro atoms. The van der Waals surface area contributed by atoms with Crippen LogP contribution in [-0.2, 0) is 16.8 Å². The van der Waals surface area contributed by atoms with E-state index in [-0.39, 0.29) is 5.41 Å². The minimum atomic E-state index is -0.261. The quantitative estimate of drug-likeness (QED) is 0.616. The van der Waals surface area contributed by atoms with E-state index in [4.69, 9.17) is 0 Å². The molecule has 3 aromatic rings. The van der Waals surface area contributed by atoms with E-state index in [1.165, 1.54) is 11.3 Å². The molecule has 4 nitrogen and oxygen atoms in total. The molecule has 5 rings (SSSR count). The largest absolute Gasteiger partial charge is 0.342 e. The molecular weight excluding hydrogens is 370 g/mol. The fraction of sp³-hybridized carbons (Fsp3) is 0.385. The van der Waals surface area contributed by atoms with E-state index in [0.717, 1.165) is 56.7 Å². The van der Waals surface area contributed by atoms with Crippen LogP contribution in [0.25, 0.3) is 11.4 Å². The van der Waals surface area contributed by atoms with Crippen LogP contribution in [0.3, 0.4) is 0 Å². The van der Waals surface area contributed by atoms with Crippen LogP contribution in [0.15, 0.2) is 66.9 Å². The average molecular weight is 400 g/mol. The zero-order valence-corrected chi connectivity index (χ0v) is 17.6. The molecular formula is C26H29N3O. The second-order valence-electron chi connectivity index (χ2n) is 8.91. The van der Waals surface area contributed by atoms with Crippen molar-refractivity contribution in [3.63, 3.8) is 0 Å². The Morgan fingerprint density at radius 1 is 1.07 bits per heavy atom. The second kappa shape index (κ2) is 7.75. The van der Waals surface area contributed by atoms with E-state index in [1.54, 1.807) is 0 Å². The maximum Gasteiger partial charge on any atom is 0.233 e. The van der Waals surface area contributed by atoms with E-state index >= 15 is 0 Å². The van der Waals surface area contributed by atoms with Gasteiger partial charge in [-0.15, -0.1) is 0 Å². The number of carbonyl (C=O) groups is 1. The first kappa shape index (κ1) is 19.1. The van der Waals surface area contributed by atoms with E-state index in [2.05, 4.69) is 69.9 Å². The van der Waals surface area contributed by atoms with Crippen molar-refractivity contribution in [2.45, 2.75) is 44.6 Å². The lowest BCUT2D eigenvalue weighted by Gasteiger charge is -2.36. The summed E-state index contributed by atoms with van der Waals surface area (Å²) in [7, 11) is 0. The zero-order valence-electron chi connectivity index (χ0n) is 17.6. The Morgan fingerprint density at radius 3 is 2.47 bits per heavy atom. The van der Waals surface area contributed by atoms with Gasteiger partial charge in [-0.1, -0.05) is 60.7 Å². The number of aryl methyl sites for hydroxylation is 1. The van der Waals surface area contributed by atoms with Crippen LogP contribution < -0.4 is 0 Å². The molecule has 1 aliphatic heterocycles. The van der Waals surface area contributed by atoms with Crippen LogP contribution in [0.5, 0.6) is 0 Å². The molecule has 2 heterocycles. The van der Waals surface area contributed by atoms with E-state index in [1.807, 2.05) is 18.3 Å². The van der Waals surface area contributed by atoms with Gasteiger partial charge in [-0.2, -0.15) is 0 Å². The van der Waals surface area contributed by atoms with Gasteiger partial charge in [-0.3, -0.25) is 4.79 Å². The monoisotopic (exact) mass is 399 g/mol. The van der Waals surface area contributed by atoms with Gasteiger partial charge in [0, 0.05) is 37.1 Å². The van der Waals surface area contributed by atoms with Gasteiger partial charge in [-0.05, 0) is 44.1 Å². The number of nitrogens with zero attached hydrogens (tertiary/aromatic N) is 3. The Bertz CT molecular complexity index is 1020. The highest BCUT2D eigenvalue weighted by molar-refractivity contribution is 5.91. The number of imidazole rings is 1. The second-order valence-corrected chi connectivity index (χ2v) is 8.91. The van der Waals surface area contributed by atoms with Crippen LogP contribution in [-0.4, -0.2) is 33.4 Å². The Kier molecular flexibility index (Phi) is 4.93. The van der Waals surface area contributed by atoms with Crippen LogP contribution in [0.1, 0.15) is 36.9 Å². The molecule has 1 aromatic heterocycles. The minimum absolute atomic E-state index is 0.261. The lowest BCUT2D eigenvalue weighted by atomic mass is 9.91. The SMILES string of the molecule is Cc1cnc(-c2ccccc2)n1CC1CCCN(C(=O)C2(c3ccccc3)CC2)C1. The van der Waals surface area contributed by atoms with Gasteiger partial charge in [0.1, 0.15) is 5.82 Å². The molecule has 30 heavy (non-hydrogen) atoms. The number of carbonyl (C=O) groups excluding carboxylic acids is 1. The highest BCUT2D eigenvalue weighted by Crippen LogP contribution is 2.50.